The lowest BCUT2D eigenvalue weighted by molar-refractivity contribution is 0.876. The van der Waals surface area contributed by atoms with Crippen molar-refractivity contribution in [3.05, 3.63) is 84.4 Å². The molecule has 0 bridgehead atoms. The summed E-state index contributed by atoms with van der Waals surface area (Å²) in [6, 6.07) is 18.4. The fourth-order valence-corrected chi connectivity index (χ4v) is 3.42. The fourth-order valence-electron chi connectivity index (χ4n) is 3.42. The molecule has 2 aromatic heterocycles. The van der Waals surface area contributed by atoms with Crippen LogP contribution in [0.4, 0.5) is 5.82 Å². The normalized spacial score (nSPS) is 12.9. The van der Waals surface area contributed by atoms with Crippen molar-refractivity contribution in [3.8, 4) is 11.1 Å². The van der Waals surface area contributed by atoms with Crippen molar-refractivity contribution in [2.75, 3.05) is 12.4 Å². The van der Waals surface area contributed by atoms with Crippen LogP contribution in [0.15, 0.2) is 83.4 Å². The van der Waals surface area contributed by atoms with Gasteiger partial charge in [0.15, 0.2) is 0 Å². The van der Waals surface area contributed by atoms with Crippen molar-refractivity contribution in [1.82, 2.24) is 15.0 Å². The van der Waals surface area contributed by atoms with Crippen LogP contribution in [0.25, 0.3) is 22.0 Å². The monoisotopic (exact) mass is 409 g/mol. The number of benzene rings is 2. The molecule has 0 unspecified atom stereocenters. The molecule has 0 aliphatic carbocycles. The largest absolute Gasteiger partial charge is 0.363 e. The molecule has 7 heteroatoms. The van der Waals surface area contributed by atoms with E-state index in [0.717, 1.165) is 33.4 Å². The average Bonchev–Trinajstić information content (AvgIpc) is 2.83. The van der Waals surface area contributed by atoms with Gasteiger partial charge in [0.2, 0.25) is 0 Å². The molecular formula is C24H23N7. The molecule has 0 fully saturated rings. The van der Waals surface area contributed by atoms with Gasteiger partial charge in [-0.15, -0.1) is 0 Å². The Balaban J connectivity index is 1.72. The summed E-state index contributed by atoms with van der Waals surface area (Å²) in [5, 5.41) is 8.26. The van der Waals surface area contributed by atoms with Crippen LogP contribution in [0.2, 0.25) is 0 Å². The summed E-state index contributed by atoms with van der Waals surface area (Å²) in [7, 11) is 1.68. The van der Waals surface area contributed by atoms with Crippen LogP contribution in [0, 0.1) is 0 Å². The van der Waals surface area contributed by atoms with E-state index in [1.165, 1.54) is 5.56 Å². The zero-order valence-corrected chi connectivity index (χ0v) is 17.4. The van der Waals surface area contributed by atoms with E-state index in [2.05, 4.69) is 55.5 Å². The SMILES string of the molecule is CN=CC(=NN)c1cncc(-c2ccc3ncnc(N[C@H](C)c4ccccc4)c3c2)c1. The van der Waals surface area contributed by atoms with Crippen LogP contribution in [-0.4, -0.2) is 33.9 Å². The minimum Gasteiger partial charge on any atom is -0.363 e. The molecule has 3 N–H and O–H groups in total. The second kappa shape index (κ2) is 9.13. The number of nitrogens with one attached hydrogen (secondary N) is 1. The molecule has 4 aromatic rings. The van der Waals surface area contributed by atoms with E-state index in [9.17, 15) is 0 Å². The number of anilines is 1. The standard InChI is InChI=1S/C24H23N7/c1-16(17-6-4-3-5-7-17)30-24-21-11-18(8-9-22(21)28-15-29-24)19-10-20(13-27-12-19)23(31-25)14-26-2/h3-16H,25H2,1-2H3,(H,28,29,30)/t16-/m1/s1. The third-order valence-electron chi connectivity index (χ3n) is 5.05. The van der Waals surface area contributed by atoms with Gasteiger partial charge in [0.1, 0.15) is 17.9 Å². The summed E-state index contributed by atoms with van der Waals surface area (Å²) in [6.07, 6.45) is 6.72. The number of fused-ring (bicyclic) bond motifs is 1. The number of hydrazone groups is 1. The number of aliphatic imine (C=N–C) groups is 1. The minimum atomic E-state index is 0.101. The molecule has 7 nitrogen and oxygen atoms in total. The van der Waals surface area contributed by atoms with Crippen LogP contribution in [0.1, 0.15) is 24.1 Å². The second-order valence-corrected chi connectivity index (χ2v) is 7.09. The number of hydrogen-bond acceptors (Lipinski definition) is 7. The molecule has 0 spiro atoms. The van der Waals surface area contributed by atoms with Gasteiger partial charge >= 0.3 is 0 Å². The van der Waals surface area contributed by atoms with Crippen molar-refractivity contribution in [3.63, 3.8) is 0 Å². The molecular weight excluding hydrogens is 386 g/mol. The third-order valence-corrected chi connectivity index (χ3v) is 5.05. The molecule has 0 radical (unpaired) electrons. The first-order chi connectivity index (χ1) is 15.2. The fraction of sp³-hybridized carbons (Fsp3) is 0.125. The Bertz CT molecular complexity index is 1250. The highest BCUT2D eigenvalue weighted by atomic mass is 15.1. The smallest absolute Gasteiger partial charge is 0.137 e. The van der Waals surface area contributed by atoms with E-state index in [1.54, 1.807) is 25.8 Å². The quantitative estimate of drug-likeness (QED) is 0.282. The molecule has 154 valence electrons. The van der Waals surface area contributed by atoms with Gasteiger partial charge in [-0.1, -0.05) is 36.4 Å². The summed E-state index contributed by atoms with van der Waals surface area (Å²) in [5.74, 6) is 6.30. The van der Waals surface area contributed by atoms with E-state index in [-0.39, 0.29) is 6.04 Å². The summed E-state index contributed by atoms with van der Waals surface area (Å²) >= 11 is 0. The Morgan fingerprint density at radius 2 is 1.87 bits per heavy atom. The highest BCUT2D eigenvalue weighted by molar-refractivity contribution is 6.38. The van der Waals surface area contributed by atoms with E-state index >= 15 is 0 Å². The lowest BCUT2D eigenvalue weighted by atomic mass is 10.0. The number of rotatable bonds is 6. The Morgan fingerprint density at radius 1 is 1.03 bits per heavy atom. The van der Waals surface area contributed by atoms with Crippen molar-refractivity contribution >= 4 is 28.6 Å². The van der Waals surface area contributed by atoms with Crippen molar-refractivity contribution in [2.24, 2.45) is 15.9 Å². The maximum atomic E-state index is 5.51. The zero-order chi connectivity index (χ0) is 21.6. The Morgan fingerprint density at radius 3 is 2.65 bits per heavy atom. The highest BCUT2D eigenvalue weighted by Gasteiger charge is 2.11. The number of nitrogens with two attached hydrogens (primary N) is 1. The first kappa shape index (κ1) is 20.2. The highest BCUT2D eigenvalue weighted by Crippen LogP contribution is 2.29. The van der Waals surface area contributed by atoms with E-state index < -0.39 is 0 Å². The third kappa shape index (κ3) is 4.40. The van der Waals surface area contributed by atoms with Crippen molar-refractivity contribution < 1.29 is 0 Å². The summed E-state index contributed by atoms with van der Waals surface area (Å²) < 4.78 is 0. The number of hydrogen-bond donors (Lipinski definition) is 2. The Labute approximate surface area is 180 Å². The van der Waals surface area contributed by atoms with Gasteiger partial charge in [-0.2, -0.15) is 5.10 Å². The molecule has 0 saturated carbocycles. The maximum absolute atomic E-state index is 5.51. The summed E-state index contributed by atoms with van der Waals surface area (Å²) in [5.41, 5.74) is 5.36. The van der Waals surface area contributed by atoms with Crippen LogP contribution < -0.4 is 11.2 Å². The zero-order valence-electron chi connectivity index (χ0n) is 17.4. The molecule has 0 amide bonds. The molecule has 2 heterocycles. The van der Waals surface area contributed by atoms with Gasteiger partial charge in [0, 0.05) is 48.2 Å². The predicted octanol–water partition coefficient (Wildman–Crippen LogP) is 4.23. The van der Waals surface area contributed by atoms with Crippen LogP contribution in [-0.2, 0) is 0 Å². The lowest BCUT2D eigenvalue weighted by Gasteiger charge is -2.16. The molecule has 1 atom stereocenters. The van der Waals surface area contributed by atoms with E-state index in [1.807, 2.05) is 42.6 Å². The number of pyridine rings is 1. The van der Waals surface area contributed by atoms with Gasteiger partial charge in [-0.05, 0) is 36.2 Å². The van der Waals surface area contributed by atoms with Gasteiger partial charge in [-0.25, -0.2) is 9.97 Å². The minimum absolute atomic E-state index is 0.101. The van der Waals surface area contributed by atoms with Crippen LogP contribution >= 0.6 is 0 Å². The molecule has 4 rings (SSSR count). The van der Waals surface area contributed by atoms with E-state index in [0.29, 0.717) is 5.71 Å². The molecule has 2 aromatic carbocycles. The average molecular weight is 409 g/mol. The summed E-state index contributed by atoms with van der Waals surface area (Å²) in [4.78, 5) is 17.3. The van der Waals surface area contributed by atoms with Gasteiger partial charge in [0.05, 0.1) is 5.52 Å². The predicted molar refractivity (Wildman–Crippen MR) is 126 cm³/mol. The first-order valence-electron chi connectivity index (χ1n) is 9.91. The van der Waals surface area contributed by atoms with Crippen LogP contribution in [0.3, 0.4) is 0 Å². The lowest BCUT2D eigenvalue weighted by Crippen LogP contribution is -2.08. The van der Waals surface area contributed by atoms with Crippen LogP contribution in [0.5, 0.6) is 0 Å². The molecule has 0 saturated heterocycles. The van der Waals surface area contributed by atoms with Crippen molar-refractivity contribution in [2.45, 2.75) is 13.0 Å². The second-order valence-electron chi connectivity index (χ2n) is 7.09. The molecule has 0 aliphatic rings. The maximum Gasteiger partial charge on any atom is 0.137 e. The van der Waals surface area contributed by atoms with Gasteiger partial charge < -0.3 is 11.2 Å². The Hall–Kier alpha value is -4.13. The topological polar surface area (TPSA) is 101 Å². The molecule has 0 aliphatic heterocycles. The van der Waals surface area contributed by atoms with Crippen molar-refractivity contribution in [1.29, 1.82) is 0 Å². The van der Waals surface area contributed by atoms with Gasteiger partial charge in [-0.3, -0.25) is 9.98 Å². The summed E-state index contributed by atoms with van der Waals surface area (Å²) in [6.45, 7) is 2.11. The number of nitrogens with zero attached hydrogens (tertiary/aromatic N) is 5. The molecule has 31 heavy (non-hydrogen) atoms. The Kier molecular flexibility index (Phi) is 5.93. The van der Waals surface area contributed by atoms with Gasteiger partial charge in [0.25, 0.3) is 0 Å². The first-order valence-corrected chi connectivity index (χ1v) is 9.91. The van der Waals surface area contributed by atoms with E-state index in [4.69, 9.17) is 5.84 Å². The number of aromatic nitrogens is 3.